The zero-order valence-electron chi connectivity index (χ0n) is 10.5. The van der Waals surface area contributed by atoms with Crippen LogP contribution in [0.1, 0.15) is 20.3 Å². The summed E-state index contributed by atoms with van der Waals surface area (Å²) in [7, 11) is 0. The summed E-state index contributed by atoms with van der Waals surface area (Å²) in [5.74, 6) is -1.78. The number of carbonyl (C=O) groups excluding carboxylic acids is 1. The van der Waals surface area contributed by atoms with E-state index in [0.717, 1.165) is 18.2 Å². The third-order valence-corrected chi connectivity index (χ3v) is 2.54. The summed E-state index contributed by atoms with van der Waals surface area (Å²) >= 11 is 0. The van der Waals surface area contributed by atoms with Crippen LogP contribution in [0.15, 0.2) is 18.2 Å². The summed E-state index contributed by atoms with van der Waals surface area (Å²) in [5, 5.41) is 2.48. The Bertz CT molecular complexity index is 401. The molecule has 0 bridgehead atoms. The number of benzene rings is 1. The minimum Gasteiger partial charge on any atom is -0.330 e. The Morgan fingerprint density at radius 1 is 1.28 bits per heavy atom. The lowest BCUT2D eigenvalue weighted by Gasteiger charge is -2.16. The zero-order chi connectivity index (χ0) is 13.7. The molecule has 1 rings (SSSR count). The second kappa shape index (κ2) is 6.44. The predicted octanol–water partition coefficient (Wildman–Crippen LogP) is 2.52. The normalized spacial score (nSPS) is 12.6. The van der Waals surface area contributed by atoms with Crippen LogP contribution in [0.4, 0.5) is 14.5 Å². The van der Waals surface area contributed by atoms with Crippen LogP contribution in [0, 0.1) is 23.5 Å². The largest absolute Gasteiger partial charge is 0.330 e. The molecule has 0 aliphatic heterocycles. The molecule has 3 nitrogen and oxygen atoms in total. The van der Waals surface area contributed by atoms with E-state index in [4.69, 9.17) is 5.73 Å². The van der Waals surface area contributed by atoms with E-state index in [9.17, 15) is 13.6 Å². The van der Waals surface area contributed by atoms with Gasteiger partial charge in [-0.2, -0.15) is 0 Å². The number of anilines is 1. The molecule has 1 amide bonds. The lowest BCUT2D eigenvalue weighted by molar-refractivity contribution is -0.120. The highest BCUT2D eigenvalue weighted by molar-refractivity contribution is 5.92. The van der Waals surface area contributed by atoms with Crippen LogP contribution in [-0.4, -0.2) is 12.5 Å². The molecular weight excluding hydrogens is 238 g/mol. The smallest absolute Gasteiger partial charge is 0.228 e. The van der Waals surface area contributed by atoms with Crippen molar-refractivity contribution in [3.8, 4) is 0 Å². The molecule has 18 heavy (non-hydrogen) atoms. The van der Waals surface area contributed by atoms with Crippen molar-refractivity contribution in [1.82, 2.24) is 0 Å². The summed E-state index contributed by atoms with van der Waals surface area (Å²) in [6.45, 7) is 4.18. The van der Waals surface area contributed by atoms with Gasteiger partial charge in [0.25, 0.3) is 0 Å². The Kier molecular flexibility index (Phi) is 5.22. The number of hydrogen-bond acceptors (Lipinski definition) is 2. The van der Waals surface area contributed by atoms with E-state index in [1.54, 1.807) is 0 Å². The maximum atomic E-state index is 13.0. The fourth-order valence-electron chi connectivity index (χ4n) is 1.75. The summed E-state index contributed by atoms with van der Waals surface area (Å²) < 4.78 is 25.9. The molecule has 0 saturated carbocycles. The van der Waals surface area contributed by atoms with Crippen LogP contribution in [0.2, 0.25) is 0 Å². The highest BCUT2D eigenvalue weighted by Gasteiger charge is 2.18. The molecule has 0 aromatic heterocycles. The van der Waals surface area contributed by atoms with Gasteiger partial charge in [0.1, 0.15) is 11.6 Å². The molecule has 0 spiro atoms. The summed E-state index contributed by atoms with van der Waals surface area (Å²) in [6.07, 6.45) is 0.639. The standard InChI is InChI=1S/C13H18F2N2O/c1-8(2)3-9(7-16)13(18)17-12-5-10(14)4-11(15)6-12/h4-6,8-9H,3,7,16H2,1-2H3,(H,17,18). The van der Waals surface area contributed by atoms with Gasteiger partial charge in [-0.05, 0) is 24.5 Å². The first-order valence-electron chi connectivity index (χ1n) is 5.89. The molecule has 1 unspecified atom stereocenters. The Morgan fingerprint density at radius 3 is 2.28 bits per heavy atom. The highest BCUT2D eigenvalue weighted by atomic mass is 19.1. The van der Waals surface area contributed by atoms with E-state index in [0.29, 0.717) is 12.3 Å². The highest BCUT2D eigenvalue weighted by Crippen LogP contribution is 2.16. The van der Waals surface area contributed by atoms with Crippen molar-refractivity contribution in [1.29, 1.82) is 0 Å². The van der Waals surface area contributed by atoms with E-state index >= 15 is 0 Å². The molecule has 0 saturated heterocycles. The number of carbonyl (C=O) groups is 1. The number of nitrogens with one attached hydrogen (secondary N) is 1. The lowest BCUT2D eigenvalue weighted by Crippen LogP contribution is -2.30. The van der Waals surface area contributed by atoms with Gasteiger partial charge in [-0.1, -0.05) is 13.8 Å². The van der Waals surface area contributed by atoms with Crippen molar-refractivity contribution in [2.24, 2.45) is 17.6 Å². The molecule has 100 valence electrons. The fourth-order valence-corrected chi connectivity index (χ4v) is 1.75. The van der Waals surface area contributed by atoms with Gasteiger partial charge in [0.05, 0.1) is 5.92 Å². The molecule has 0 fully saturated rings. The first kappa shape index (κ1) is 14.6. The molecular formula is C13H18F2N2O. The second-order valence-corrected chi connectivity index (χ2v) is 4.71. The monoisotopic (exact) mass is 256 g/mol. The Balaban J connectivity index is 2.73. The molecule has 1 atom stereocenters. The van der Waals surface area contributed by atoms with E-state index < -0.39 is 11.6 Å². The third kappa shape index (κ3) is 4.41. The van der Waals surface area contributed by atoms with Crippen molar-refractivity contribution in [2.75, 3.05) is 11.9 Å². The van der Waals surface area contributed by atoms with Gasteiger partial charge in [0.15, 0.2) is 0 Å². The molecule has 0 aliphatic carbocycles. The SMILES string of the molecule is CC(C)CC(CN)C(=O)Nc1cc(F)cc(F)c1. The van der Waals surface area contributed by atoms with Crippen LogP contribution < -0.4 is 11.1 Å². The van der Waals surface area contributed by atoms with E-state index in [-0.39, 0.29) is 24.1 Å². The minimum atomic E-state index is -0.724. The third-order valence-electron chi connectivity index (χ3n) is 2.54. The summed E-state index contributed by atoms with van der Waals surface area (Å²) in [4.78, 5) is 11.9. The van der Waals surface area contributed by atoms with Gasteiger partial charge in [-0.15, -0.1) is 0 Å². The van der Waals surface area contributed by atoms with Gasteiger partial charge in [-0.25, -0.2) is 8.78 Å². The van der Waals surface area contributed by atoms with Gasteiger partial charge in [0, 0.05) is 18.3 Å². The summed E-state index contributed by atoms with van der Waals surface area (Å²) in [6, 6.07) is 2.90. The van der Waals surface area contributed by atoms with Crippen molar-refractivity contribution in [3.05, 3.63) is 29.8 Å². The van der Waals surface area contributed by atoms with Crippen molar-refractivity contribution < 1.29 is 13.6 Å². The van der Waals surface area contributed by atoms with Gasteiger partial charge in [0.2, 0.25) is 5.91 Å². The Morgan fingerprint density at radius 2 is 1.83 bits per heavy atom. The zero-order valence-corrected chi connectivity index (χ0v) is 10.5. The van der Waals surface area contributed by atoms with E-state index in [1.165, 1.54) is 0 Å². The molecule has 0 aliphatic rings. The molecule has 3 N–H and O–H groups in total. The minimum absolute atomic E-state index is 0.111. The van der Waals surface area contributed by atoms with Crippen LogP contribution >= 0.6 is 0 Å². The quantitative estimate of drug-likeness (QED) is 0.850. The first-order valence-corrected chi connectivity index (χ1v) is 5.89. The lowest BCUT2D eigenvalue weighted by atomic mass is 9.96. The van der Waals surface area contributed by atoms with E-state index in [2.05, 4.69) is 5.32 Å². The molecule has 1 aromatic carbocycles. The predicted molar refractivity (Wildman–Crippen MR) is 67.0 cm³/mol. The average Bonchev–Trinajstić information content (AvgIpc) is 2.23. The average molecular weight is 256 g/mol. The number of hydrogen-bond donors (Lipinski definition) is 2. The molecule has 0 radical (unpaired) electrons. The number of amides is 1. The second-order valence-electron chi connectivity index (χ2n) is 4.71. The maximum absolute atomic E-state index is 13.0. The number of halogens is 2. The van der Waals surface area contributed by atoms with Crippen LogP contribution in [0.5, 0.6) is 0 Å². The Labute approximate surface area is 105 Å². The molecule has 1 aromatic rings. The van der Waals surface area contributed by atoms with Gasteiger partial charge >= 0.3 is 0 Å². The summed E-state index contributed by atoms with van der Waals surface area (Å²) in [5.41, 5.74) is 5.64. The number of rotatable bonds is 5. The van der Waals surface area contributed by atoms with Crippen LogP contribution in [0.3, 0.4) is 0 Å². The van der Waals surface area contributed by atoms with Gasteiger partial charge < -0.3 is 11.1 Å². The van der Waals surface area contributed by atoms with Crippen molar-refractivity contribution in [2.45, 2.75) is 20.3 Å². The van der Waals surface area contributed by atoms with E-state index in [1.807, 2.05) is 13.8 Å². The molecule has 5 heteroatoms. The van der Waals surface area contributed by atoms with Crippen molar-refractivity contribution in [3.63, 3.8) is 0 Å². The first-order chi connectivity index (χ1) is 8.42. The van der Waals surface area contributed by atoms with Crippen LogP contribution in [-0.2, 0) is 4.79 Å². The van der Waals surface area contributed by atoms with Gasteiger partial charge in [-0.3, -0.25) is 4.79 Å². The fraction of sp³-hybridized carbons (Fsp3) is 0.462. The molecule has 0 heterocycles. The van der Waals surface area contributed by atoms with Crippen LogP contribution in [0.25, 0.3) is 0 Å². The maximum Gasteiger partial charge on any atom is 0.228 e. The Hall–Kier alpha value is -1.49. The topological polar surface area (TPSA) is 55.1 Å². The number of nitrogens with two attached hydrogens (primary N) is 1. The van der Waals surface area contributed by atoms with Crippen molar-refractivity contribution >= 4 is 11.6 Å².